The predicted octanol–water partition coefficient (Wildman–Crippen LogP) is 3.04. The summed E-state index contributed by atoms with van der Waals surface area (Å²) in [5, 5.41) is 13.5. The maximum atomic E-state index is 12.1. The number of nitro groups is 1. The highest BCUT2D eigenvalue weighted by atomic mass is 19.4. The molecule has 0 saturated heterocycles. The highest BCUT2D eigenvalue weighted by molar-refractivity contribution is 5.53. The summed E-state index contributed by atoms with van der Waals surface area (Å²) in [7, 11) is 0. The van der Waals surface area contributed by atoms with E-state index in [4.69, 9.17) is 5.73 Å². The van der Waals surface area contributed by atoms with E-state index in [2.05, 4.69) is 20.0 Å². The Morgan fingerprint density at radius 2 is 1.96 bits per heavy atom. The first-order valence-corrected chi connectivity index (χ1v) is 6.55. The molecule has 1 heterocycles. The first-order valence-electron chi connectivity index (χ1n) is 6.55. The number of nitrogens with one attached hydrogen (secondary N) is 1. The van der Waals surface area contributed by atoms with Gasteiger partial charge in [-0.25, -0.2) is 4.98 Å². The third-order valence-electron chi connectivity index (χ3n) is 2.95. The fourth-order valence-electron chi connectivity index (χ4n) is 1.83. The summed E-state index contributed by atoms with van der Waals surface area (Å²) >= 11 is 0. The third kappa shape index (κ3) is 4.44. The van der Waals surface area contributed by atoms with Crippen molar-refractivity contribution < 1.29 is 22.8 Å². The largest absolute Gasteiger partial charge is 0.573 e. The molecule has 128 valence electrons. The fourth-order valence-corrected chi connectivity index (χ4v) is 1.83. The zero-order valence-electron chi connectivity index (χ0n) is 12.2. The van der Waals surface area contributed by atoms with E-state index in [-0.39, 0.29) is 23.6 Å². The summed E-state index contributed by atoms with van der Waals surface area (Å²) in [5.74, 6) is -0.575. The molecule has 2 rings (SSSR count). The molecule has 0 spiro atoms. The fraction of sp³-hybridized carbons (Fsp3) is 0.231. The number of benzene rings is 1. The van der Waals surface area contributed by atoms with E-state index >= 15 is 0 Å². The first kappa shape index (κ1) is 17.2. The maximum absolute atomic E-state index is 12.1. The van der Waals surface area contributed by atoms with Crippen molar-refractivity contribution in [1.29, 1.82) is 0 Å². The van der Waals surface area contributed by atoms with Crippen LogP contribution in [0, 0.1) is 10.1 Å². The minimum absolute atomic E-state index is 0.0567. The molecular weight excluding hydrogens is 331 g/mol. The van der Waals surface area contributed by atoms with E-state index in [0.29, 0.717) is 5.56 Å². The zero-order valence-corrected chi connectivity index (χ0v) is 12.2. The number of rotatable bonds is 5. The minimum Gasteiger partial charge on any atom is -0.406 e. The van der Waals surface area contributed by atoms with Gasteiger partial charge in [0.05, 0.1) is 11.0 Å². The van der Waals surface area contributed by atoms with Crippen molar-refractivity contribution in [2.45, 2.75) is 19.3 Å². The molecule has 0 radical (unpaired) electrons. The second kappa shape index (κ2) is 6.56. The Bertz CT molecular complexity index is 737. The van der Waals surface area contributed by atoms with Crippen LogP contribution in [-0.4, -0.2) is 21.3 Å². The van der Waals surface area contributed by atoms with Crippen LogP contribution in [-0.2, 0) is 0 Å². The number of nitrogen functional groups attached to an aromatic ring is 1. The number of alkyl halides is 3. The van der Waals surface area contributed by atoms with Crippen molar-refractivity contribution in [2.75, 3.05) is 11.1 Å². The molecule has 0 saturated carbocycles. The monoisotopic (exact) mass is 343 g/mol. The number of hydrogen-bond acceptors (Lipinski definition) is 7. The standard InChI is InChI=1S/C13H12F3N5O3/c1-7(8-2-4-9(5-3-8)24-13(14,15)16)19-12-18-6-10(21(22)23)11(17)20-12/h2-7H,1H3,(H3,17,18,19,20)/t7-/m0/s1. The quantitative estimate of drug-likeness (QED) is 0.633. The van der Waals surface area contributed by atoms with E-state index in [1.54, 1.807) is 6.92 Å². The second-order valence-corrected chi connectivity index (χ2v) is 4.70. The Balaban J connectivity index is 2.08. The normalized spacial score (nSPS) is 12.5. The van der Waals surface area contributed by atoms with E-state index in [1.165, 1.54) is 24.3 Å². The molecule has 2 aromatic rings. The number of halogens is 3. The average molecular weight is 343 g/mol. The molecule has 1 aromatic heterocycles. The van der Waals surface area contributed by atoms with Crippen LogP contribution in [0.1, 0.15) is 18.5 Å². The van der Waals surface area contributed by atoms with Gasteiger partial charge in [-0.1, -0.05) is 12.1 Å². The summed E-state index contributed by atoms with van der Waals surface area (Å²) in [5.41, 5.74) is 5.67. The second-order valence-electron chi connectivity index (χ2n) is 4.70. The molecule has 0 fully saturated rings. The lowest BCUT2D eigenvalue weighted by atomic mass is 10.1. The molecule has 3 N–H and O–H groups in total. The Morgan fingerprint density at radius 1 is 1.33 bits per heavy atom. The van der Waals surface area contributed by atoms with Gasteiger partial charge in [0.1, 0.15) is 11.9 Å². The lowest BCUT2D eigenvalue weighted by molar-refractivity contribution is -0.384. The van der Waals surface area contributed by atoms with Crippen molar-refractivity contribution in [3.8, 4) is 5.75 Å². The van der Waals surface area contributed by atoms with Gasteiger partial charge in [0.15, 0.2) is 0 Å². The van der Waals surface area contributed by atoms with Gasteiger partial charge in [0, 0.05) is 0 Å². The van der Waals surface area contributed by atoms with E-state index in [1.807, 2.05) is 0 Å². The van der Waals surface area contributed by atoms with Gasteiger partial charge in [-0.15, -0.1) is 13.2 Å². The minimum atomic E-state index is -4.75. The maximum Gasteiger partial charge on any atom is 0.573 e. The molecule has 1 atom stereocenters. The van der Waals surface area contributed by atoms with Gasteiger partial charge in [-0.05, 0) is 24.6 Å². The lowest BCUT2D eigenvalue weighted by Gasteiger charge is -2.15. The van der Waals surface area contributed by atoms with Crippen LogP contribution >= 0.6 is 0 Å². The first-order chi connectivity index (χ1) is 11.2. The highest BCUT2D eigenvalue weighted by Gasteiger charge is 2.31. The van der Waals surface area contributed by atoms with Crippen molar-refractivity contribution in [2.24, 2.45) is 0 Å². The van der Waals surface area contributed by atoms with Crippen LogP contribution in [0.2, 0.25) is 0 Å². The molecule has 1 aromatic carbocycles. The van der Waals surface area contributed by atoms with Crippen molar-refractivity contribution in [3.05, 3.63) is 46.1 Å². The summed E-state index contributed by atoms with van der Waals surface area (Å²) in [4.78, 5) is 17.5. The van der Waals surface area contributed by atoms with E-state index in [0.717, 1.165) is 6.20 Å². The Kier molecular flexibility index (Phi) is 4.71. The van der Waals surface area contributed by atoms with E-state index < -0.39 is 17.0 Å². The molecule has 8 nitrogen and oxygen atoms in total. The Morgan fingerprint density at radius 3 is 2.46 bits per heavy atom. The number of nitrogens with zero attached hydrogens (tertiary/aromatic N) is 3. The van der Waals surface area contributed by atoms with Crippen molar-refractivity contribution in [1.82, 2.24) is 9.97 Å². The number of hydrogen-bond donors (Lipinski definition) is 2. The predicted molar refractivity (Wildman–Crippen MR) is 78.3 cm³/mol. The number of aromatic nitrogens is 2. The van der Waals surface area contributed by atoms with Crippen LogP contribution in [0.15, 0.2) is 30.5 Å². The summed E-state index contributed by atoms with van der Waals surface area (Å²) in [6.07, 6.45) is -3.78. The molecule has 0 aliphatic heterocycles. The highest BCUT2D eigenvalue weighted by Crippen LogP contribution is 2.26. The van der Waals surface area contributed by atoms with Gasteiger partial charge in [-0.3, -0.25) is 10.1 Å². The Labute approximate surface area is 133 Å². The smallest absolute Gasteiger partial charge is 0.406 e. The number of ether oxygens (including phenoxy) is 1. The average Bonchev–Trinajstić information content (AvgIpc) is 2.45. The number of anilines is 2. The third-order valence-corrected chi connectivity index (χ3v) is 2.95. The van der Waals surface area contributed by atoms with Crippen molar-refractivity contribution in [3.63, 3.8) is 0 Å². The van der Waals surface area contributed by atoms with Gasteiger partial charge < -0.3 is 15.8 Å². The van der Waals surface area contributed by atoms with Crippen LogP contribution in [0.3, 0.4) is 0 Å². The van der Waals surface area contributed by atoms with E-state index in [9.17, 15) is 23.3 Å². The van der Waals surface area contributed by atoms with Crippen LogP contribution in [0.4, 0.5) is 30.6 Å². The van der Waals surface area contributed by atoms with Gasteiger partial charge >= 0.3 is 12.0 Å². The molecule has 24 heavy (non-hydrogen) atoms. The van der Waals surface area contributed by atoms with Gasteiger partial charge in [-0.2, -0.15) is 4.98 Å². The summed E-state index contributed by atoms with van der Waals surface area (Å²) in [6, 6.07) is 4.84. The Hall–Kier alpha value is -3.11. The molecule has 0 amide bonds. The molecule has 11 heteroatoms. The van der Waals surface area contributed by atoms with Crippen LogP contribution < -0.4 is 15.8 Å². The SMILES string of the molecule is C[C@H](Nc1ncc([N+](=O)[O-])c(N)n1)c1ccc(OC(F)(F)F)cc1. The molecular formula is C13H12F3N5O3. The van der Waals surface area contributed by atoms with Crippen LogP contribution in [0.5, 0.6) is 5.75 Å². The lowest BCUT2D eigenvalue weighted by Crippen LogP contribution is -2.17. The summed E-state index contributed by atoms with van der Waals surface area (Å²) in [6.45, 7) is 1.71. The molecule has 0 bridgehead atoms. The molecule has 0 unspecified atom stereocenters. The molecule has 0 aliphatic carbocycles. The summed E-state index contributed by atoms with van der Waals surface area (Å²) < 4.78 is 40.1. The van der Waals surface area contributed by atoms with Crippen molar-refractivity contribution >= 4 is 17.5 Å². The van der Waals surface area contributed by atoms with Crippen LogP contribution in [0.25, 0.3) is 0 Å². The molecule has 0 aliphatic rings. The zero-order chi connectivity index (χ0) is 17.9. The van der Waals surface area contributed by atoms with Gasteiger partial charge in [0.2, 0.25) is 11.8 Å². The van der Waals surface area contributed by atoms with Gasteiger partial charge in [0.25, 0.3) is 0 Å². The number of nitrogens with two attached hydrogens (primary N) is 1. The topological polar surface area (TPSA) is 116 Å².